The summed E-state index contributed by atoms with van der Waals surface area (Å²) in [5, 5.41) is 0. The lowest BCUT2D eigenvalue weighted by atomic mass is 9.82. The first-order valence-corrected chi connectivity index (χ1v) is 8.78. The number of nitrogens with zero attached hydrogens (tertiary/aromatic N) is 1. The third-order valence-electron chi connectivity index (χ3n) is 4.59. The number of fused-ring (bicyclic) bond motifs is 1. The van der Waals surface area contributed by atoms with Gasteiger partial charge in [-0.2, -0.15) is 0 Å². The van der Waals surface area contributed by atoms with Crippen LogP contribution < -0.4 is 0 Å². The summed E-state index contributed by atoms with van der Waals surface area (Å²) in [5.74, 6) is 0. The molecule has 1 heterocycles. The molecule has 0 bridgehead atoms. The Kier molecular flexibility index (Phi) is 4.09. The highest BCUT2D eigenvalue weighted by atomic mass is 32.2. The third kappa shape index (κ3) is 2.59. The smallest absolute Gasteiger partial charge is 0.0681 e. The van der Waals surface area contributed by atoms with E-state index in [1.54, 1.807) is 0 Å². The molecule has 0 saturated carbocycles. The third-order valence-corrected chi connectivity index (χ3v) is 6.33. The zero-order chi connectivity index (χ0) is 15.8. The summed E-state index contributed by atoms with van der Waals surface area (Å²) in [6.45, 7) is 5.81. The summed E-state index contributed by atoms with van der Waals surface area (Å²) in [6.07, 6.45) is 1.13. The van der Waals surface area contributed by atoms with E-state index in [2.05, 4.69) is 99.2 Å². The van der Waals surface area contributed by atoms with E-state index in [1.165, 1.54) is 16.7 Å². The Bertz CT molecular complexity index is 648. The molecule has 0 radical (unpaired) electrons. The van der Waals surface area contributed by atoms with Gasteiger partial charge >= 0.3 is 0 Å². The van der Waals surface area contributed by atoms with Gasteiger partial charge in [0.1, 0.15) is 0 Å². The average molecular weight is 311 g/mol. The molecule has 22 heavy (non-hydrogen) atoms. The molecule has 2 heteroatoms. The quantitative estimate of drug-likeness (QED) is 0.793. The Morgan fingerprint density at radius 1 is 0.864 bits per heavy atom. The monoisotopic (exact) mass is 311 g/mol. The van der Waals surface area contributed by atoms with Gasteiger partial charge in [0.25, 0.3) is 0 Å². The SMILES string of the molecule is CN(C)CCC1(c2ccccc2)SC(C)(C)c2ccccc21. The molecule has 116 valence electrons. The summed E-state index contributed by atoms with van der Waals surface area (Å²) in [5.41, 5.74) is 4.42. The number of benzene rings is 2. The molecule has 3 rings (SSSR count). The second-order valence-corrected chi connectivity index (χ2v) is 8.83. The van der Waals surface area contributed by atoms with E-state index >= 15 is 0 Å². The van der Waals surface area contributed by atoms with Crippen LogP contribution in [0.3, 0.4) is 0 Å². The summed E-state index contributed by atoms with van der Waals surface area (Å²) in [7, 11) is 4.32. The van der Waals surface area contributed by atoms with E-state index < -0.39 is 0 Å². The minimum atomic E-state index is 0.0611. The van der Waals surface area contributed by atoms with Gasteiger partial charge in [0.05, 0.1) is 4.75 Å². The zero-order valence-electron chi connectivity index (χ0n) is 14.0. The molecule has 0 aromatic heterocycles. The van der Waals surface area contributed by atoms with E-state index in [0.717, 1.165) is 13.0 Å². The molecule has 2 aromatic carbocycles. The van der Waals surface area contributed by atoms with Crippen LogP contribution in [0.2, 0.25) is 0 Å². The van der Waals surface area contributed by atoms with Crippen molar-refractivity contribution in [2.75, 3.05) is 20.6 Å². The molecule has 0 aliphatic carbocycles. The molecule has 1 atom stereocenters. The van der Waals surface area contributed by atoms with Crippen molar-refractivity contribution >= 4 is 11.8 Å². The lowest BCUT2D eigenvalue weighted by Gasteiger charge is -2.33. The van der Waals surface area contributed by atoms with E-state index in [1.807, 2.05) is 0 Å². The standard InChI is InChI=1S/C20H25NS/c1-19(2)17-12-8-9-13-18(17)20(22-19,14-15-21(3)4)16-10-6-5-7-11-16/h5-13H,14-15H2,1-4H3. The fourth-order valence-electron chi connectivity index (χ4n) is 3.54. The van der Waals surface area contributed by atoms with Crippen molar-refractivity contribution in [1.82, 2.24) is 4.90 Å². The van der Waals surface area contributed by atoms with Crippen LogP contribution in [0.25, 0.3) is 0 Å². The number of rotatable bonds is 4. The minimum absolute atomic E-state index is 0.0611. The van der Waals surface area contributed by atoms with Crippen molar-refractivity contribution in [3.63, 3.8) is 0 Å². The van der Waals surface area contributed by atoms with Crippen molar-refractivity contribution in [2.24, 2.45) is 0 Å². The highest BCUT2D eigenvalue weighted by Crippen LogP contribution is 2.62. The molecule has 0 saturated heterocycles. The fourth-order valence-corrected chi connectivity index (χ4v) is 5.43. The number of hydrogen-bond acceptors (Lipinski definition) is 2. The van der Waals surface area contributed by atoms with Crippen LogP contribution >= 0.6 is 11.8 Å². The van der Waals surface area contributed by atoms with Crippen LogP contribution in [-0.2, 0) is 9.49 Å². The lowest BCUT2D eigenvalue weighted by molar-refractivity contribution is 0.383. The molecule has 1 unspecified atom stereocenters. The summed E-state index contributed by atoms with van der Waals surface area (Å²) in [6, 6.07) is 20.0. The first kappa shape index (κ1) is 15.6. The Hall–Kier alpha value is -1.25. The summed E-state index contributed by atoms with van der Waals surface area (Å²) >= 11 is 2.11. The lowest BCUT2D eigenvalue weighted by Crippen LogP contribution is -2.27. The highest BCUT2D eigenvalue weighted by Gasteiger charge is 2.48. The summed E-state index contributed by atoms with van der Waals surface area (Å²) < 4.78 is 0.213. The van der Waals surface area contributed by atoms with Crippen molar-refractivity contribution in [3.05, 3.63) is 71.3 Å². The van der Waals surface area contributed by atoms with Gasteiger partial charge in [0.15, 0.2) is 0 Å². The molecular weight excluding hydrogens is 286 g/mol. The van der Waals surface area contributed by atoms with E-state index in [4.69, 9.17) is 0 Å². The Labute approximate surface area is 138 Å². The van der Waals surface area contributed by atoms with Gasteiger partial charge in [-0.05, 0) is 57.6 Å². The van der Waals surface area contributed by atoms with E-state index in [-0.39, 0.29) is 9.49 Å². The maximum Gasteiger partial charge on any atom is 0.0681 e. The maximum atomic E-state index is 2.36. The van der Waals surface area contributed by atoms with Crippen LogP contribution in [0, 0.1) is 0 Å². The van der Waals surface area contributed by atoms with Crippen LogP contribution in [0.4, 0.5) is 0 Å². The van der Waals surface area contributed by atoms with Crippen LogP contribution in [0.1, 0.15) is 37.0 Å². The highest BCUT2D eigenvalue weighted by molar-refractivity contribution is 8.01. The van der Waals surface area contributed by atoms with Gasteiger partial charge in [-0.1, -0.05) is 54.6 Å². The Morgan fingerprint density at radius 3 is 2.09 bits per heavy atom. The molecule has 0 N–H and O–H groups in total. The van der Waals surface area contributed by atoms with E-state index in [9.17, 15) is 0 Å². The normalized spacial score (nSPS) is 22.8. The van der Waals surface area contributed by atoms with Gasteiger partial charge < -0.3 is 4.90 Å². The second kappa shape index (κ2) is 5.75. The molecular formula is C20H25NS. The predicted octanol–water partition coefficient (Wildman–Crippen LogP) is 4.86. The average Bonchev–Trinajstić information content (AvgIpc) is 2.75. The van der Waals surface area contributed by atoms with Crippen LogP contribution in [0.5, 0.6) is 0 Å². The second-order valence-electron chi connectivity index (χ2n) is 6.90. The van der Waals surface area contributed by atoms with Gasteiger partial charge in [0.2, 0.25) is 0 Å². The number of hydrogen-bond donors (Lipinski definition) is 0. The molecule has 0 fully saturated rings. The van der Waals surface area contributed by atoms with Crippen molar-refractivity contribution in [3.8, 4) is 0 Å². The van der Waals surface area contributed by atoms with Gasteiger partial charge in [-0.3, -0.25) is 0 Å². The fraction of sp³-hybridized carbons (Fsp3) is 0.400. The molecule has 2 aromatic rings. The van der Waals surface area contributed by atoms with Crippen molar-refractivity contribution in [1.29, 1.82) is 0 Å². The molecule has 0 amide bonds. The minimum Gasteiger partial charge on any atom is -0.309 e. The van der Waals surface area contributed by atoms with Gasteiger partial charge in [0, 0.05) is 4.75 Å². The van der Waals surface area contributed by atoms with Gasteiger partial charge in [-0.15, -0.1) is 11.8 Å². The molecule has 1 nitrogen and oxygen atoms in total. The zero-order valence-corrected chi connectivity index (χ0v) is 14.8. The molecule has 0 spiro atoms. The molecule has 1 aliphatic rings. The van der Waals surface area contributed by atoms with Crippen LogP contribution in [-0.4, -0.2) is 25.5 Å². The Balaban J connectivity index is 2.16. The predicted molar refractivity (Wildman–Crippen MR) is 97.5 cm³/mol. The van der Waals surface area contributed by atoms with Gasteiger partial charge in [-0.25, -0.2) is 0 Å². The number of thioether (sulfide) groups is 1. The van der Waals surface area contributed by atoms with Crippen LogP contribution in [0.15, 0.2) is 54.6 Å². The van der Waals surface area contributed by atoms with Crippen molar-refractivity contribution < 1.29 is 0 Å². The van der Waals surface area contributed by atoms with Crippen molar-refractivity contribution in [2.45, 2.75) is 29.8 Å². The first-order valence-electron chi connectivity index (χ1n) is 7.96. The molecule has 1 aliphatic heterocycles. The largest absolute Gasteiger partial charge is 0.309 e. The Morgan fingerprint density at radius 2 is 1.45 bits per heavy atom. The first-order chi connectivity index (χ1) is 10.5. The van der Waals surface area contributed by atoms with E-state index in [0.29, 0.717) is 0 Å². The summed E-state index contributed by atoms with van der Waals surface area (Å²) in [4.78, 5) is 2.29. The topological polar surface area (TPSA) is 3.24 Å². The maximum absolute atomic E-state index is 2.36.